The molecule has 0 aromatic heterocycles. The smallest absolute Gasteiger partial charge is 0.270 e. The zero-order chi connectivity index (χ0) is 16.9. The Labute approximate surface area is 150 Å². The maximum absolute atomic E-state index is 12.7. The van der Waals surface area contributed by atoms with Crippen LogP contribution in [0.2, 0.25) is 0 Å². The molecule has 1 heterocycles. The first-order valence-electron chi connectivity index (χ1n) is 7.19. The molecule has 0 aliphatic carbocycles. The molecule has 0 atom stereocenters. The largest absolute Gasteiger partial charge is 0.480 e. The lowest BCUT2D eigenvalue weighted by Gasteiger charge is -2.13. The van der Waals surface area contributed by atoms with Crippen LogP contribution in [-0.2, 0) is 4.79 Å². The fraction of sp³-hybridized carbons (Fsp3) is 0.0526. The molecular formula is C19H13NO2S2. The summed E-state index contributed by atoms with van der Waals surface area (Å²) in [6, 6.07) is 16.8. The van der Waals surface area contributed by atoms with Gasteiger partial charge in [-0.1, -0.05) is 66.3 Å². The van der Waals surface area contributed by atoms with E-state index in [1.807, 2.05) is 54.6 Å². The molecule has 118 valence electrons. The number of anilines is 1. The summed E-state index contributed by atoms with van der Waals surface area (Å²) in [6.45, 7) is 0.176. The van der Waals surface area contributed by atoms with Crippen molar-refractivity contribution in [2.45, 2.75) is 0 Å². The summed E-state index contributed by atoms with van der Waals surface area (Å²) in [7, 11) is 0. The topological polar surface area (TPSA) is 29.5 Å². The Hall–Kier alpha value is -2.55. The quantitative estimate of drug-likeness (QED) is 0.471. The lowest BCUT2D eigenvalue weighted by atomic mass is 10.2. The lowest BCUT2D eigenvalue weighted by molar-refractivity contribution is -0.113. The Morgan fingerprint density at radius 1 is 1.17 bits per heavy atom. The molecule has 3 rings (SSSR count). The predicted molar refractivity (Wildman–Crippen MR) is 103 cm³/mol. The predicted octanol–water partition coefficient (Wildman–Crippen LogP) is 4.10. The van der Waals surface area contributed by atoms with Gasteiger partial charge in [0.05, 0.1) is 10.6 Å². The Kier molecular flexibility index (Phi) is 4.99. The molecule has 0 spiro atoms. The Morgan fingerprint density at radius 2 is 1.88 bits per heavy atom. The van der Waals surface area contributed by atoms with E-state index < -0.39 is 0 Å². The van der Waals surface area contributed by atoms with Crippen LogP contribution in [0.3, 0.4) is 0 Å². The van der Waals surface area contributed by atoms with Crippen LogP contribution in [0.25, 0.3) is 6.08 Å². The number of carbonyl (C=O) groups is 1. The minimum absolute atomic E-state index is 0.136. The number of hydrogen-bond acceptors (Lipinski definition) is 4. The monoisotopic (exact) mass is 351 g/mol. The van der Waals surface area contributed by atoms with Gasteiger partial charge in [0.2, 0.25) is 0 Å². The maximum Gasteiger partial charge on any atom is 0.270 e. The van der Waals surface area contributed by atoms with Crippen molar-refractivity contribution in [1.29, 1.82) is 0 Å². The van der Waals surface area contributed by atoms with Gasteiger partial charge >= 0.3 is 0 Å². The minimum atomic E-state index is -0.136. The van der Waals surface area contributed by atoms with Gasteiger partial charge < -0.3 is 4.74 Å². The average Bonchev–Trinajstić information content (AvgIpc) is 2.88. The fourth-order valence-electron chi connectivity index (χ4n) is 2.26. The molecule has 0 N–H and O–H groups in total. The standard InChI is InChI=1S/C19H13NO2S2/c1-2-12-22-16-11-7-6-8-14(16)13-17-18(21)20(19(23)24-17)15-9-4-3-5-10-15/h1,3-11,13H,12H2/b17-13-. The molecule has 3 nitrogen and oxygen atoms in total. The van der Waals surface area contributed by atoms with Crippen molar-refractivity contribution in [2.75, 3.05) is 11.5 Å². The number of thiocarbonyl (C=S) groups is 1. The molecule has 24 heavy (non-hydrogen) atoms. The fourth-order valence-corrected chi connectivity index (χ4v) is 3.55. The molecule has 0 radical (unpaired) electrons. The average molecular weight is 351 g/mol. The number of para-hydroxylation sites is 2. The summed E-state index contributed by atoms with van der Waals surface area (Å²) < 4.78 is 6.04. The van der Waals surface area contributed by atoms with E-state index in [4.69, 9.17) is 23.4 Å². The molecule has 1 fully saturated rings. The number of terminal acetylenes is 1. The molecule has 1 aliphatic rings. The number of carbonyl (C=O) groups excluding carboxylic acids is 1. The van der Waals surface area contributed by atoms with E-state index in [0.29, 0.717) is 15.0 Å². The van der Waals surface area contributed by atoms with E-state index in [-0.39, 0.29) is 12.5 Å². The summed E-state index contributed by atoms with van der Waals surface area (Å²) in [6.07, 6.45) is 7.03. The van der Waals surface area contributed by atoms with Crippen LogP contribution in [0.5, 0.6) is 5.75 Å². The number of thioether (sulfide) groups is 1. The van der Waals surface area contributed by atoms with Crippen molar-refractivity contribution in [3.63, 3.8) is 0 Å². The second-order valence-corrected chi connectivity index (χ2v) is 6.56. The minimum Gasteiger partial charge on any atom is -0.480 e. The number of benzene rings is 2. The van der Waals surface area contributed by atoms with E-state index in [1.54, 1.807) is 6.08 Å². The van der Waals surface area contributed by atoms with Gasteiger partial charge in [-0.05, 0) is 24.3 Å². The number of nitrogens with zero attached hydrogens (tertiary/aromatic N) is 1. The van der Waals surface area contributed by atoms with Crippen molar-refractivity contribution in [3.8, 4) is 18.1 Å². The van der Waals surface area contributed by atoms with Gasteiger partial charge in [0.1, 0.15) is 12.4 Å². The summed E-state index contributed by atoms with van der Waals surface area (Å²) in [5.41, 5.74) is 1.56. The van der Waals surface area contributed by atoms with Crippen LogP contribution in [0.4, 0.5) is 5.69 Å². The maximum atomic E-state index is 12.7. The number of amides is 1. The van der Waals surface area contributed by atoms with E-state index in [1.165, 1.54) is 16.7 Å². The van der Waals surface area contributed by atoms with Crippen LogP contribution < -0.4 is 9.64 Å². The van der Waals surface area contributed by atoms with E-state index in [2.05, 4.69) is 5.92 Å². The molecule has 2 aromatic carbocycles. The molecule has 0 saturated carbocycles. The van der Waals surface area contributed by atoms with Gasteiger partial charge in [0, 0.05) is 5.56 Å². The van der Waals surface area contributed by atoms with Gasteiger partial charge in [-0.2, -0.15) is 0 Å². The summed E-state index contributed by atoms with van der Waals surface area (Å²) >= 11 is 6.64. The van der Waals surface area contributed by atoms with Crippen molar-refractivity contribution in [3.05, 3.63) is 65.1 Å². The van der Waals surface area contributed by atoms with Crippen molar-refractivity contribution in [1.82, 2.24) is 0 Å². The van der Waals surface area contributed by atoms with Crippen LogP contribution in [0.15, 0.2) is 59.5 Å². The zero-order valence-electron chi connectivity index (χ0n) is 12.6. The van der Waals surface area contributed by atoms with E-state index in [0.717, 1.165) is 11.3 Å². The number of ether oxygens (including phenoxy) is 1. The molecule has 1 aliphatic heterocycles. The molecular weight excluding hydrogens is 338 g/mol. The van der Waals surface area contributed by atoms with Crippen LogP contribution in [-0.4, -0.2) is 16.8 Å². The van der Waals surface area contributed by atoms with Gasteiger partial charge in [-0.25, -0.2) is 0 Å². The first kappa shape index (κ1) is 16.3. The normalized spacial score (nSPS) is 15.6. The molecule has 1 saturated heterocycles. The summed E-state index contributed by atoms with van der Waals surface area (Å²) in [4.78, 5) is 14.8. The lowest BCUT2D eigenvalue weighted by Crippen LogP contribution is -2.27. The highest BCUT2D eigenvalue weighted by Gasteiger charge is 2.33. The second kappa shape index (κ2) is 7.35. The zero-order valence-corrected chi connectivity index (χ0v) is 14.3. The third-order valence-electron chi connectivity index (χ3n) is 3.32. The van der Waals surface area contributed by atoms with Crippen molar-refractivity contribution in [2.24, 2.45) is 0 Å². The van der Waals surface area contributed by atoms with Gasteiger partial charge in [0.15, 0.2) is 4.32 Å². The number of hydrogen-bond donors (Lipinski definition) is 0. The summed E-state index contributed by atoms with van der Waals surface area (Å²) in [5, 5.41) is 0. The Balaban J connectivity index is 1.92. The highest BCUT2D eigenvalue weighted by molar-refractivity contribution is 8.27. The third-order valence-corrected chi connectivity index (χ3v) is 4.63. The van der Waals surface area contributed by atoms with E-state index >= 15 is 0 Å². The van der Waals surface area contributed by atoms with E-state index in [9.17, 15) is 4.79 Å². The second-order valence-electron chi connectivity index (χ2n) is 4.88. The highest BCUT2D eigenvalue weighted by Crippen LogP contribution is 2.36. The molecule has 2 aromatic rings. The molecule has 5 heteroatoms. The van der Waals surface area contributed by atoms with Gasteiger partial charge in [0.25, 0.3) is 5.91 Å². The Bertz CT molecular complexity index is 853. The highest BCUT2D eigenvalue weighted by atomic mass is 32.2. The third kappa shape index (κ3) is 3.35. The first-order chi connectivity index (χ1) is 11.7. The number of rotatable bonds is 4. The van der Waals surface area contributed by atoms with Crippen LogP contribution in [0, 0.1) is 12.3 Å². The van der Waals surface area contributed by atoms with Gasteiger partial charge in [-0.15, -0.1) is 6.42 Å². The Morgan fingerprint density at radius 3 is 2.62 bits per heavy atom. The first-order valence-corrected chi connectivity index (χ1v) is 8.41. The van der Waals surface area contributed by atoms with Crippen LogP contribution in [0.1, 0.15) is 5.56 Å². The van der Waals surface area contributed by atoms with Crippen molar-refractivity contribution < 1.29 is 9.53 Å². The van der Waals surface area contributed by atoms with Gasteiger partial charge in [-0.3, -0.25) is 9.69 Å². The molecule has 0 unspecified atom stereocenters. The van der Waals surface area contributed by atoms with Crippen molar-refractivity contribution >= 4 is 46.0 Å². The molecule has 1 amide bonds. The SMILES string of the molecule is C#CCOc1ccccc1/C=C1\SC(=S)N(c2ccccc2)C1=O. The summed E-state index contributed by atoms with van der Waals surface area (Å²) in [5.74, 6) is 2.94. The van der Waals surface area contributed by atoms with Crippen LogP contribution >= 0.6 is 24.0 Å². The molecule has 0 bridgehead atoms.